The number of amidine groups is 1. The molecule has 0 saturated carbocycles. The van der Waals surface area contributed by atoms with E-state index in [1.165, 1.54) is 6.92 Å². The van der Waals surface area contributed by atoms with Crippen molar-refractivity contribution in [3.8, 4) is 11.5 Å². The molecule has 1 heterocycles. The van der Waals surface area contributed by atoms with Gasteiger partial charge in [-0.1, -0.05) is 6.92 Å². The van der Waals surface area contributed by atoms with Gasteiger partial charge in [-0.15, -0.1) is 0 Å². The zero-order valence-electron chi connectivity index (χ0n) is 14.2. The second-order valence-corrected chi connectivity index (χ2v) is 7.32. The minimum Gasteiger partial charge on any atom is -0.490 e. The number of carbonyl (C=O) groups excluding carboxylic acids is 2. The highest BCUT2D eigenvalue weighted by Crippen LogP contribution is 2.36. The van der Waals surface area contributed by atoms with E-state index in [-0.39, 0.29) is 11.8 Å². The molecule has 0 unspecified atom stereocenters. The molecule has 1 N–H and O–H groups in total. The van der Waals surface area contributed by atoms with Gasteiger partial charge in [-0.05, 0) is 71.5 Å². The minimum atomic E-state index is -0.368. The summed E-state index contributed by atoms with van der Waals surface area (Å²) in [5.41, 5.74) is 0.812. The first-order chi connectivity index (χ1) is 11.9. The summed E-state index contributed by atoms with van der Waals surface area (Å²) in [6, 6.07) is 3.76. The smallest absolute Gasteiger partial charge is 0.286 e. The summed E-state index contributed by atoms with van der Waals surface area (Å²) in [6.07, 6.45) is 2.64. The van der Waals surface area contributed by atoms with Crippen LogP contribution in [0, 0.1) is 3.57 Å². The molecule has 1 aromatic carbocycles. The van der Waals surface area contributed by atoms with E-state index in [0.29, 0.717) is 34.8 Å². The lowest BCUT2D eigenvalue weighted by atomic mass is 10.2. The molecule has 2 amide bonds. The van der Waals surface area contributed by atoms with Crippen LogP contribution < -0.4 is 14.8 Å². The lowest BCUT2D eigenvalue weighted by molar-refractivity contribution is -0.117. The molecule has 25 heavy (non-hydrogen) atoms. The number of benzene rings is 1. The molecule has 2 rings (SSSR count). The van der Waals surface area contributed by atoms with E-state index < -0.39 is 0 Å². The average molecular weight is 474 g/mol. The van der Waals surface area contributed by atoms with E-state index in [9.17, 15) is 9.59 Å². The summed E-state index contributed by atoms with van der Waals surface area (Å²) < 4.78 is 12.4. The topological polar surface area (TPSA) is 77.0 Å². The number of hydrogen-bond acceptors (Lipinski definition) is 5. The predicted molar refractivity (Wildman–Crippen MR) is 108 cm³/mol. The van der Waals surface area contributed by atoms with Gasteiger partial charge in [0, 0.05) is 6.92 Å². The van der Waals surface area contributed by atoms with Gasteiger partial charge in [-0.25, -0.2) is 0 Å². The number of hydrogen-bond donors (Lipinski definition) is 1. The first kappa shape index (κ1) is 19.8. The van der Waals surface area contributed by atoms with Gasteiger partial charge in [-0.2, -0.15) is 4.99 Å². The average Bonchev–Trinajstić information content (AvgIpc) is 2.85. The zero-order valence-corrected chi connectivity index (χ0v) is 17.2. The number of amides is 2. The van der Waals surface area contributed by atoms with Gasteiger partial charge in [0.25, 0.3) is 5.91 Å². The molecular formula is C17H19IN2O4S. The summed E-state index contributed by atoms with van der Waals surface area (Å²) in [5, 5.41) is 2.83. The fourth-order valence-electron chi connectivity index (χ4n) is 2.04. The third-order valence-electron chi connectivity index (χ3n) is 2.98. The predicted octanol–water partition coefficient (Wildman–Crippen LogP) is 3.59. The molecule has 1 aromatic rings. The van der Waals surface area contributed by atoms with Crippen molar-refractivity contribution in [1.82, 2.24) is 5.32 Å². The number of nitrogens with one attached hydrogen (secondary N) is 1. The maximum absolute atomic E-state index is 12.0. The van der Waals surface area contributed by atoms with Crippen molar-refractivity contribution in [3.05, 3.63) is 26.2 Å². The van der Waals surface area contributed by atoms with Gasteiger partial charge in [0.1, 0.15) is 0 Å². The first-order valence-corrected chi connectivity index (χ1v) is 9.73. The molecule has 1 aliphatic heterocycles. The molecule has 8 heteroatoms. The summed E-state index contributed by atoms with van der Waals surface area (Å²) in [4.78, 5) is 27.4. The van der Waals surface area contributed by atoms with E-state index >= 15 is 0 Å². The third-order valence-corrected chi connectivity index (χ3v) is 4.68. The highest BCUT2D eigenvalue weighted by molar-refractivity contribution is 14.1. The van der Waals surface area contributed by atoms with Gasteiger partial charge in [0.2, 0.25) is 5.91 Å². The molecule has 0 fully saturated rings. The SMILES string of the molecule is CCCOc1c(I)cc(/C=C2/SC(NC(C)=O)=NC2=O)cc1OCC. The van der Waals surface area contributed by atoms with Crippen molar-refractivity contribution in [2.24, 2.45) is 4.99 Å². The normalized spacial score (nSPS) is 15.3. The largest absolute Gasteiger partial charge is 0.490 e. The third kappa shape index (κ3) is 5.46. The van der Waals surface area contributed by atoms with E-state index in [1.807, 2.05) is 26.0 Å². The van der Waals surface area contributed by atoms with E-state index in [2.05, 4.69) is 32.9 Å². The molecule has 0 bridgehead atoms. The summed E-state index contributed by atoms with van der Waals surface area (Å²) in [7, 11) is 0. The van der Waals surface area contributed by atoms with Crippen molar-refractivity contribution in [2.75, 3.05) is 13.2 Å². The minimum absolute atomic E-state index is 0.258. The van der Waals surface area contributed by atoms with Crippen LogP contribution in [0.25, 0.3) is 6.08 Å². The highest BCUT2D eigenvalue weighted by Gasteiger charge is 2.23. The maximum atomic E-state index is 12.0. The Morgan fingerprint density at radius 2 is 2.12 bits per heavy atom. The maximum Gasteiger partial charge on any atom is 0.286 e. The lowest BCUT2D eigenvalue weighted by Gasteiger charge is -2.14. The number of rotatable bonds is 6. The molecule has 1 aliphatic rings. The van der Waals surface area contributed by atoms with Crippen molar-refractivity contribution in [3.63, 3.8) is 0 Å². The van der Waals surface area contributed by atoms with Crippen molar-refractivity contribution in [1.29, 1.82) is 0 Å². The molecule has 0 spiro atoms. The van der Waals surface area contributed by atoms with Gasteiger partial charge in [0.15, 0.2) is 16.7 Å². The number of nitrogens with zero attached hydrogens (tertiary/aromatic N) is 1. The molecule has 6 nitrogen and oxygen atoms in total. The summed E-state index contributed by atoms with van der Waals surface area (Å²) >= 11 is 3.33. The molecule has 0 saturated heterocycles. The van der Waals surface area contributed by atoms with Crippen molar-refractivity contribution < 1.29 is 19.1 Å². The summed E-state index contributed by atoms with van der Waals surface area (Å²) in [5.74, 6) is 0.735. The monoisotopic (exact) mass is 474 g/mol. The molecular weight excluding hydrogens is 455 g/mol. The second-order valence-electron chi connectivity index (χ2n) is 5.13. The number of ether oxygens (including phenoxy) is 2. The molecule has 134 valence electrons. The fourth-order valence-corrected chi connectivity index (χ4v) is 3.68. The van der Waals surface area contributed by atoms with Gasteiger partial charge in [-0.3, -0.25) is 9.59 Å². The standard InChI is InChI=1S/C17H19IN2O4S/c1-4-6-24-15-12(18)7-11(8-13(15)23-5-2)9-14-16(22)20-17(25-14)19-10(3)21/h7-9H,4-6H2,1-3H3,(H,19,20,21,22)/b14-9+. The van der Waals surface area contributed by atoms with Crippen LogP contribution in [0.4, 0.5) is 0 Å². The quantitative estimate of drug-likeness (QED) is 0.504. The van der Waals surface area contributed by atoms with Crippen molar-refractivity contribution >= 4 is 57.4 Å². The van der Waals surface area contributed by atoms with E-state index in [0.717, 1.165) is 27.3 Å². The molecule has 0 aromatic heterocycles. The number of halogens is 1. The molecule has 0 radical (unpaired) electrons. The van der Waals surface area contributed by atoms with Crippen LogP contribution in [0.1, 0.15) is 32.8 Å². The van der Waals surface area contributed by atoms with Crippen LogP contribution in [0.2, 0.25) is 0 Å². The Bertz CT molecular complexity index is 746. The van der Waals surface area contributed by atoms with E-state index in [4.69, 9.17) is 9.47 Å². The highest BCUT2D eigenvalue weighted by atomic mass is 127. The van der Waals surface area contributed by atoms with Crippen LogP contribution >= 0.6 is 34.4 Å². The van der Waals surface area contributed by atoms with Crippen LogP contribution in [0.3, 0.4) is 0 Å². The Morgan fingerprint density at radius 1 is 1.36 bits per heavy atom. The van der Waals surface area contributed by atoms with Crippen LogP contribution in [-0.2, 0) is 9.59 Å². The first-order valence-electron chi connectivity index (χ1n) is 7.83. The Labute approximate surface area is 164 Å². The Morgan fingerprint density at radius 3 is 2.76 bits per heavy atom. The van der Waals surface area contributed by atoms with E-state index in [1.54, 1.807) is 6.08 Å². The number of aliphatic imine (C=N–C) groups is 1. The van der Waals surface area contributed by atoms with Gasteiger partial charge in [0.05, 0.1) is 21.7 Å². The van der Waals surface area contributed by atoms with Gasteiger partial charge < -0.3 is 14.8 Å². The zero-order chi connectivity index (χ0) is 18.4. The Balaban J connectivity index is 2.28. The van der Waals surface area contributed by atoms with Gasteiger partial charge >= 0.3 is 0 Å². The Hall–Kier alpha value is -1.55. The number of thioether (sulfide) groups is 1. The van der Waals surface area contributed by atoms with Crippen LogP contribution in [0.15, 0.2) is 22.0 Å². The fraction of sp³-hybridized carbons (Fsp3) is 0.353. The molecule has 0 aliphatic carbocycles. The molecule has 0 atom stereocenters. The van der Waals surface area contributed by atoms with Crippen LogP contribution in [0.5, 0.6) is 11.5 Å². The number of carbonyl (C=O) groups is 2. The Kier molecular flexibility index (Phi) is 7.30. The van der Waals surface area contributed by atoms with Crippen molar-refractivity contribution in [2.45, 2.75) is 27.2 Å². The lowest BCUT2D eigenvalue weighted by Crippen LogP contribution is -2.23. The van der Waals surface area contributed by atoms with Crippen LogP contribution in [-0.4, -0.2) is 30.2 Å². The summed E-state index contributed by atoms with van der Waals surface area (Å²) in [6.45, 7) is 6.45. The second kappa shape index (κ2) is 9.23.